The number of thiocarbonyl (C=S) groups is 1. The van der Waals surface area contributed by atoms with Crippen LogP contribution in [0.5, 0.6) is 0 Å². The Labute approximate surface area is 91.3 Å². The standard InChI is InChI=1S/C12H17NS/c1-8-4-5-11(6-9(8)2)10(3)7-12(13)14/h4-6,10H,7H2,1-3H3,(H2,13,14). The third kappa shape index (κ3) is 2.81. The molecule has 2 N–H and O–H groups in total. The average molecular weight is 207 g/mol. The van der Waals surface area contributed by atoms with Gasteiger partial charge in [0.05, 0.1) is 4.99 Å². The molecule has 1 aromatic carbocycles. The minimum absolute atomic E-state index is 0.423. The van der Waals surface area contributed by atoms with E-state index >= 15 is 0 Å². The van der Waals surface area contributed by atoms with Crippen molar-refractivity contribution in [3.05, 3.63) is 34.9 Å². The summed E-state index contributed by atoms with van der Waals surface area (Å²) in [5, 5.41) is 0. The zero-order chi connectivity index (χ0) is 10.7. The van der Waals surface area contributed by atoms with Crippen LogP contribution in [-0.4, -0.2) is 4.99 Å². The van der Waals surface area contributed by atoms with Crippen LogP contribution in [-0.2, 0) is 0 Å². The van der Waals surface area contributed by atoms with Gasteiger partial charge in [-0.3, -0.25) is 0 Å². The maximum atomic E-state index is 5.53. The molecule has 76 valence electrons. The molecule has 1 nitrogen and oxygen atoms in total. The lowest BCUT2D eigenvalue weighted by Crippen LogP contribution is -2.11. The van der Waals surface area contributed by atoms with Gasteiger partial charge in [0.25, 0.3) is 0 Å². The van der Waals surface area contributed by atoms with E-state index in [-0.39, 0.29) is 0 Å². The fourth-order valence-electron chi connectivity index (χ4n) is 1.49. The zero-order valence-electron chi connectivity index (χ0n) is 9.00. The number of aryl methyl sites for hydroxylation is 2. The maximum absolute atomic E-state index is 5.53. The average Bonchev–Trinajstić information content (AvgIpc) is 2.08. The SMILES string of the molecule is Cc1ccc(C(C)CC(N)=S)cc1C. The van der Waals surface area contributed by atoms with Gasteiger partial charge in [-0.25, -0.2) is 0 Å². The van der Waals surface area contributed by atoms with E-state index in [2.05, 4.69) is 39.0 Å². The summed E-state index contributed by atoms with van der Waals surface area (Å²) >= 11 is 4.91. The quantitative estimate of drug-likeness (QED) is 0.771. The number of hydrogen-bond acceptors (Lipinski definition) is 1. The van der Waals surface area contributed by atoms with Crippen molar-refractivity contribution in [1.82, 2.24) is 0 Å². The lowest BCUT2D eigenvalue weighted by molar-refractivity contribution is 0.805. The van der Waals surface area contributed by atoms with Gasteiger partial charge in [0.1, 0.15) is 0 Å². The van der Waals surface area contributed by atoms with Gasteiger partial charge in [-0.2, -0.15) is 0 Å². The van der Waals surface area contributed by atoms with E-state index in [1.807, 2.05) is 0 Å². The van der Waals surface area contributed by atoms with Gasteiger partial charge >= 0.3 is 0 Å². The second-order valence-electron chi connectivity index (χ2n) is 3.92. The molecule has 0 saturated carbocycles. The first kappa shape index (κ1) is 11.2. The van der Waals surface area contributed by atoms with Gasteiger partial charge in [-0.1, -0.05) is 37.3 Å². The highest BCUT2D eigenvalue weighted by Gasteiger charge is 2.07. The number of rotatable bonds is 3. The normalized spacial score (nSPS) is 12.5. The van der Waals surface area contributed by atoms with E-state index in [4.69, 9.17) is 18.0 Å². The minimum atomic E-state index is 0.423. The summed E-state index contributed by atoms with van der Waals surface area (Å²) in [6, 6.07) is 6.53. The summed E-state index contributed by atoms with van der Waals surface area (Å²) in [6.45, 7) is 6.41. The first-order valence-electron chi connectivity index (χ1n) is 4.86. The van der Waals surface area contributed by atoms with Gasteiger partial charge < -0.3 is 5.73 Å². The highest BCUT2D eigenvalue weighted by Crippen LogP contribution is 2.21. The van der Waals surface area contributed by atoms with Crippen LogP contribution in [0.4, 0.5) is 0 Å². The third-order valence-corrected chi connectivity index (χ3v) is 2.77. The Hall–Kier alpha value is -0.890. The molecule has 0 amide bonds. The Kier molecular flexibility index (Phi) is 3.64. The van der Waals surface area contributed by atoms with Gasteiger partial charge in [-0.15, -0.1) is 0 Å². The number of nitrogens with two attached hydrogens (primary N) is 1. The first-order chi connectivity index (χ1) is 6.50. The first-order valence-corrected chi connectivity index (χ1v) is 5.27. The van der Waals surface area contributed by atoms with E-state index in [1.165, 1.54) is 16.7 Å². The lowest BCUT2D eigenvalue weighted by atomic mass is 9.95. The molecule has 1 unspecified atom stereocenters. The number of hydrogen-bond donors (Lipinski definition) is 1. The van der Waals surface area contributed by atoms with Crippen LogP contribution >= 0.6 is 12.2 Å². The van der Waals surface area contributed by atoms with Crippen molar-refractivity contribution >= 4 is 17.2 Å². The minimum Gasteiger partial charge on any atom is -0.393 e. The summed E-state index contributed by atoms with van der Waals surface area (Å²) in [5.41, 5.74) is 9.51. The molecule has 0 aromatic heterocycles. The van der Waals surface area contributed by atoms with Crippen LogP contribution in [0.15, 0.2) is 18.2 Å². The topological polar surface area (TPSA) is 26.0 Å². The molecular weight excluding hydrogens is 190 g/mol. The Morgan fingerprint density at radius 3 is 2.50 bits per heavy atom. The molecule has 0 spiro atoms. The monoisotopic (exact) mass is 207 g/mol. The highest BCUT2D eigenvalue weighted by atomic mass is 32.1. The van der Waals surface area contributed by atoms with Gasteiger partial charge in [0.15, 0.2) is 0 Å². The highest BCUT2D eigenvalue weighted by molar-refractivity contribution is 7.80. The predicted molar refractivity (Wildman–Crippen MR) is 65.7 cm³/mol. The van der Waals surface area contributed by atoms with Crippen LogP contribution in [0.1, 0.15) is 36.0 Å². The van der Waals surface area contributed by atoms with Crippen LogP contribution in [0.2, 0.25) is 0 Å². The summed E-state index contributed by atoms with van der Waals surface area (Å²) in [4.78, 5) is 0.593. The van der Waals surface area contributed by atoms with Crippen molar-refractivity contribution < 1.29 is 0 Å². The van der Waals surface area contributed by atoms with Crippen molar-refractivity contribution in [3.8, 4) is 0 Å². The largest absolute Gasteiger partial charge is 0.393 e. The third-order valence-electron chi connectivity index (χ3n) is 2.61. The molecule has 0 bridgehead atoms. The molecule has 1 rings (SSSR count). The Bertz CT molecular complexity index is 344. The van der Waals surface area contributed by atoms with Crippen molar-refractivity contribution in [2.75, 3.05) is 0 Å². The van der Waals surface area contributed by atoms with Crippen LogP contribution < -0.4 is 5.73 Å². The molecule has 0 aliphatic heterocycles. The fourth-order valence-corrected chi connectivity index (χ4v) is 1.74. The van der Waals surface area contributed by atoms with Gasteiger partial charge in [0.2, 0.25) is 0 Å². The fraction of sp³-hybridized carbons (Fsp3) is 0.417. The second kappa shape index (κ2) is 4.56. The van der Waals surface area contributed by atoms with Crippen LogP contribution in [0, 0.1) is 13.8 Å². The number of benzene rings is 1. The van der Waals surface area contributed by atoms with Crippen molar-refractivity contribution in [1.29, 1.82) is 0 Å². The smallest absolute Gasteiger partial charge is 0.0733 e. The Balaban J connectivity index is 2.85. The molecule has 0 saturated heterocycles. The molecular formula is C12H17NS. The summed E-state index contributed by atoms with van der Waals surface area (Å²) in [6.07, 6.45) is 0.790. The Morgan fingerprint density at radius 1 is 1.36 bits per heavy atom. The van der Waals surface area contributed by atoms with Crippen molar-refractivity contribution in [2.24, 2.45) is 5.73 Å². The predicted octanol–water partition coefficient (Wildman–Crippen LogP) is 3.08. The van der Waals surface area contributed by atoms with Crippen LogP contribution in [0.25, 0.3) is 0 Å². The van der Waals surface area contributed by atoms with Crippen LogP contribution in [0.3, 0.4) is 0 Å². The molecule has 0 heterocycles. The van der Waals surface area contributed by atoms with Crippen molar-refractivity contribution in [2.45, 2.75) is 33.1 Å². The van der Waals surface area contributed by atoms with Crippen molar-refractivity contribution in [3.63, 3.8) is 0 Å². The molecule has 0 aliphatic rings. The van der Waals surface area contributed by atoms with E-state index < -0.39 is 0 Å². The molecule has 14 heavy (non-hydrogen) atoms. The molecule has 1 atom stereocenters. The molecule has 0 fully saturated rings. The second-order valence-corrected chi connectivity index (χ2v) is 4.44. The Morgan fingerprint density at radius 2 is 2.00 bits per heavy atom. The molecule has 2 heteroatoms. The molecule has 0 aliphatic carbocycles. The zero-order valence-corrected chi connectivity index (χ0v) is 9.82. The molecule has 1 aromatic rings. The summed E-state index contributed by atoms with van der Waals surface area (Å²) in [7, 11) is 0. The van der Waals surface area contributed by atoms with E-state index in [9.17, 15) is 0 Å². The van der Waals surface area contributed by atoms with Gasteiger partial charge in [-0.05, 0) is 36.5 Å². The molecule has 0 radical (unpaired) electrons. The summed E-state index contributed by atoms with van der Waals surface area (Å²) < 4.78 is 0. The van der Waals surface area contributed by atoms with E-state index in [0.29, 0.717) is 10.9 Å². The lowest BCUT2D eigenvalue weighted by Gasteiger charge is -2.12. The summed E-state index contributed by atoms with van der Waals surface area (Å²) in [5.74, 6) is 0.423. The van der Waals surface area contributed by atoms with E-state index in [1.54, 1.807) is 0 Å². The maximum Gasteiger partial charge on any atom is 0.0733 e. The van der Waals surface area contributed by atoms with Gasteiger partial charge in [0, 0.05) is 6.42 Å². The van der Waals surface area contributed by atoms with E-state index in [0.717, 1.165) is 6.42 Å².